The lowest BCUT2D eigenvalue weighted by Gasteiger charge is -2.30. The van der Waals surface area contributed by atoms with Crippen LogP contribution in [0.4, 0.5) is 11.5 Å². The number of unbranched alkanes of at least 4 members (excludes halogenated alkanes) is 2. The van der Waals surface area contributed by atoms with Crippen LogP contribution in [0.25, 0.3) is 0 Å². The predicted octanol–water partition coefficient (Wildman–Crippen LogP) is 3.59. The summed E-state index contributed by atoms with van der Waals surface area (Å²) in [5, 5.41) is 4.58. The molecule has 0 radical (unpaired) electrons. The van der Waals surface area contributed by atoms with Crippen LogP contribution in [0.5, 0.6) is 0 Å². The second-order valence-corrected chi connectivity index (χ2v) is 5.54. The first-order chi connectivity index (χ1) is 9.02. The van der Waals surface area contributed by atoms with Crippen LogP contribution in [0.3, 0.4) is 0 Å². The smallest absolute Gasteiger partial charge is 0.150 e. The first kappa shape index (κ1) is 15.9. The van der Waals surface area contributed by atoms with Gasteiger partial charge in [0, 0.05) is 19.1 Å². The molecule has 0 unspecified atom stereocenters. The molecule has 2 N–H and O–H groups in total. The van der Waals surface area contributed by atoms with E-state index in [4.69, 9.17) is 5.73 Å². The van der Waals surface area contributed by atoms with E-state index >= 15 is 0 Å². The minimum atomic E-state index is 0.450. The molecule has 1 aromatic heterocycles. The van der Waals surface area contributed by atoms with Crippen molar-refractivity contribution in [3.8, 4) is 0 Å². The molecule has 0 aliphatic rings. The van der Waals surface area contributed by atoms with Crippen molar-refractivity contribution >= 4 is 11.5 Å². The number of nitrogens with zero attached hydrogens (tertiary/aromatic N) is 3. The van der Waals surface area contributed by atoms with Crippen LogP contribution < -0.4 is 10.6 Å². The third-order valence-electron chi connectivity index (χ3n) is 3.48. The summed E-state index contributed by atoms with van der Waals surface area (Å²) in [5.74, 6) is 1.12. The van der Waals surface area contributed by atoms with Gasteiger partial charge in [0.25, 0.3) is 0 Å². The average Bonchev–Trinajstić information content (AvgIpc) is 2.62. The number of aromatic nitrogens is 2. The van der Waals surface area contributed by atoms with Gasteiger partial charge in [0.1, 0.15) is 0 Å². The number of nitrogen functional groups attached to an aromatic ring is 1. The Bertz CT molecular complexity index is 382. The number of rotatable bonds is 8. The van der Waals surface area contributed by atoms with Gasteiger partial charge in [-0.2, -0.15) is 5.10 Å². The molecule has 110 valence electrons. The maximum absolute atomic E-state index is 6.25. The summed E-state index contributed by atoms with van der Waals surface area (Å²) in [7, 11) is 0. The molecule has 4 nitrogen and oxygen atoms in total. The fourth-order valence-electron chi connectivity index (χ4n) is 2.39. The van der Waals surface area contributed by atoms with Gasteiger partial charge >= 0.3 is 0 Å². The van der Waals surface area contributed by atoms with E-state index in [-0.39, 0.29) is 0 Å². The Hall–Kier alpha value is -1.19. The lowest BCUT2D eigenvalue weighted by Crippen LogP contribution is -2.34. The van der Waals surface area contributed by atoms with Crippen molar-refractivity contribution in [3.63, 3.8) is 0 Å². The molecule has 0 saturated carbocycles. The van der Waals surface area contributed by atoms with E-state index < -0.39 is 0 Å². The zero-order chi connectivity index (χ0) is 14.4. The van der Waals surface area contributed by atoms with Crippen molar-refractivity contribution in [2.45, 2.75) is 72.9 Å². The van der Waals surface area contributed by atoms with E-state index in [0.717, 1.165) is 36.7 Å². The molecule has 0 aliphatic carbocycles. The molecule has 0 bridgehead atoms. The molecule has 1 heterocycles. The van der Waals surface area contributed by atoms with Crippen LogP contribution in [0.2, 0.25) is 0 Å². The SMILES string of the molecule is CCCCCN(c1c(N)c(C)nn1CCC)C(C)C. The second-order valence-electron chi connectivity index (χ2n) is 5.54. The Balaban J connectivity index is 2.99. The van der Waals surface area contributed by atoms with Crippen molar-refractivity contribution in [2.75, 3.05) is 17.2 Å². The predicted molar refractivity (Wildman–Crippen MR) is 83.7 cm³/mol. The van der Waals surface area contributed by atoms with E-state index in [9.17, 15) is 0 Å². The summed E-state index contributed by atoms with van der Waals surface area (Å²) in [6, 6.07) is 0.450. The molecular formula is C15H30N4. The summed E-state index contributed by atoms with van der Waals surface area (Å²) >= 11 is 0. The molecule has 4 heteroatoms. The van der Waals surface area contributed by atoms with Gasteiger partial charge in [0.15, 0.2) is 5.82 Å². The first-order valence-electron chi connectivity index (χ1n) is 7.62. The van der Waals surface area contributed by atoms with Gasteiger partial charge in [-0.15, -0.1) is 0 Å². The molecule has 0 aromatic carbocycles. The standard InChI is InChI=1S/C15H30N4/c1-6-8-9-11-18(12(3)4)15-14(16)13(5)17-19(15)10-7-2/h12H,6-11,16H2,1-5H3. The highest BCUT2D eigenvalue weighted by Gasteiger charge is 2.20. The van der Waals surface area contributed by atoms with Crippen molar-refractivity contribution < 1.29 is 0 Å². The highest BCUT2D eigenvalue weighted by molar-refractivity contribution is 5.66. The van der Waals surface area contributed by atoms with Gasteiger partial charge in [0.2, 0.25) is 0 Å². The number of hydrogen-bond acceptors (Lipinski definition) is 3. The van der Waals surface area contributed by atoms with Crippen molar-refractivity contribution in [1.82, 2.24) is 9.78 Å². The van der Waals surface area contributed by atoms with E-state index in [1.807, 2.05) is 6.92 Å². The average molecular weight is 266 g/mol. The number of nitrogens with two attached hydrogens (primary N) is 1. The Morgan fingerprint density at radius 2 is 1.89 bits per heavy atom. The zero-order valence-corrected chi connectivity index (χ0v) is 13.2. The summed E-state index contributed by atoms with van der Waals surface area (Å²) < 4.78 is 2.08. The van der Waals surface area contributed by atoms with Gasteiger partial charge in [-0.25, -0.2) is 4.68 Å². The van der Waals surface area contributed by atoms with Gasteiger partial charge in [-0.1, -0.05) is 26.7 Å². The minimum Gasteiger partial charge on any atom is -0.394 e. The third kappa shape index (κ3) is 3.88. The number of hydrogen-bond donors (Lipinski definition) is 1. The quantitative estimate of drug-likeness (QED) is 0.731. The molecule has 0 fully saturated rings. The van der Waals surface area contributed by atoms with Crippen LogP contribution in [0, 0.1) is 6.92 Å². The fraction of sp³-hybridized carbons (Fsp3) is 0.800. The molecule has 0 atom stereocenters. The van der Waals surface area contributed by atoms with Gasteiger partial charge in [0.05, 0.1) is 11.4 Å². The Kier molecular flexibility index (Phi) is 6.19. The molecular weight excluding hydrogens is 236 g/mol. The lowest BCUT2D eigenvalue weighted by molar-refractivity contribution is 0.555. The van der Waals surface area contributed by atoms with Crippen LogP contribution >= 0.6 is 0 Å². The number of anilines is 2. The highest BCUT2D eigenvalue weighted by atomic mass is 15.4. The summed E-state index contributed by atoms with van der Waals surface area (Å²) in [4.78, 5) is 2.40. The van der Waals surface area contributed by atoms with Gasteiger partial charge < -0.3 is 10.6 Å². The molecule has 1 aromatic rings. The van der Waals surface area contributed by atoms with Crippen LogP contribution in [0.1, 0.15) is 59.1 Å². The largest absolute Gasteiger partial charge is 0.394 e. The van der Waals surface area contributed by atoms with Crippen LogP contribution in [-0.2, 0) is 6.54 Å². The summed E-state index contributed by atoms with van der Waals surface area (Å²) in [5.41, 5.74) is 8.05. The minimum absolute atomic E-state index is 0.450. The maximum atomic E-state index is 6.25. The van der Waals surface area contributed by atoms with Crippen molar-refractivity contribution in [1.29, 1.82) is 0 Å². The summed E-state index contributed by atoms with van der Waals surface area (Å²) in [6.45, 7) is 12.9. The van der Waals surface area contributed by atoms with E-state index in [2.05, 4.69) is 42.4 Å². The lowest BCUT2D eigenvalue weighted by atomic mass is 10.2. The first-order valence-corrected chi connectivity index (χ1v) is 7.62. The molecule has 0 saturated heterocycles. The van der Waals surface area contributed by atoms with E-state index in [0.29, 0.717) is 6.04 Å². The van der Waals surface area contributed by atoms with Gasteiger partial charge in [-0.3, -0.25) is 0 Å². The Morgan fingerprint density at radius 1 is 1.21 bits per heavy atom. The Morgan fingerprint density at radius 3 is 2.42 bits per heavy atom. The van der Waals surface area contributed by atoms with Crippen LogP contribution in [-0.4, -0.2) is 22.4 Å². The highest BCUT2D eigenvalue weighted by Crippen LogP contribution is 2.28. The fourth-order valence-corrected chi connectivity index (χ4v) is 2.39. The zero-order valence-electron chi connectivity index (χ0n) is 13.2. The molecule has 0 spiro atoms. The molecule has 1 rings (SSSR count). The van der Waals surface area contributed by atoms with Crippen molar-refractivity contribution in [2.24, 2.45) is 0 Å². The van der Waals surface area contributed by atoms with Crippen LogP contribution in [0.15, 0.2) is 0 Å². The van der Waals surface area contributed by atoms with Crippen molar-refractivity contribution in [3.05, 3.63) is 5.69 Å². The monoisotopic (exact) mass is 266 g/mol. The number of aryl methyl sites for hydroxylation is 2. The van der Waals surface area contributed by atoms with E-state index in [1.54, 1.807) is 0 Å². The normalized spacial score (nSPS) is 11.3. The maximum Gasteiger partial charge on any atom is 0.150 e. The molecule has 0 amide bonds. The molecule has 0 aliphatic heterocycles. The molecule has 19 heavy (non-hydrogen) atoms. The Labute approximate surface area is 118 Å². The second kappa shape index (κ2) is 7.41. The topological polar surface area (TPSA) is 47.1 Å². The van der Waals surface area contributed by atoms with E-state index in [1.165, 1.54) is 19.3 Å². The van der Waals surface area contributed by atoms with Gasteiger partial charge in [-0.05, 0) is 33.6 Å². The summed E-state index contributed by atoms with van der Waals surface area (Å²) in [6.07, 6.45) is 4.80. The third-order valence-corrected chi connectivity index (χ3v) is 3.48.